The van der Waals surface area contributed by atoms with Crippen LogP contribution in [0.4, 0.5) is 17.1 Å². The number of nitrogens with zero attached hydrogens (tertiary/aromatic N) is 1. The molecule has 0 atom stereocenters. The first-order chi connectivity index (χ1) is 32.5. The van der Waals surface area contributed by atoms with Gasteiger partial charge in [0.2, 0.25) is 0 Å². The number of benzene rings is 10. The molecule has 2 aliphatic rings. The van der Waals surface area contributed by atoms with Crippen LogP contribution in [-0.2, 0) is 10.8 Å². The van der Waals surface area contributed by atoms with Crippen LogP contribution in [0.3, 0.4) is 0 Å². The summed E-state index contributed by atoms with van der Waals surface area (Å²) in [6, 6.07) is 86.9. The second-order valence-electron chi connectivity index (χ2n) is 18.4. The minimum absolute atomic E-state index is 0.135. The van der Waals surface area contributed by atoms with Crippen LogP contribution in [0.1, 0.15) is 47.2 Å². The first-order valence-corrected chi connectivity index (χ1v) is 23.0. The molecule has 0 saturated carbocycles. The molecule has 2 heteroatoms. The predicted octanol–water partition coefficient (Wildman–Crippen LogP) is 17.1. The van der Waals surface area contributed by atoms with Gasteiger partial charge in [0.15, 0.2) is 0 Å². The summed E-state index contributed by atoms with van der Waals surface area (Å²) in [6.07, 6.45) is 0. The summed E-state index contributed by atoms with van der Waals surface area (Å²) in [5, 5.41) is 2.28. The number of anilines is 3. The Labute approximate surface area is 385 Å². The lowest BCUT2D eigenvalue weighted by Crippen LogP contribution is -2.28. The van der Waals surface area contributed by atoms with Crippen LogP contribution in [0, 0.1) is 0 Å². The summed E-state index contributed by atoms with van der Waals surface area (Å²) >= 11 is 0. The van der Waals surface area contributed by atoms with E-state index in [0.29, 0.717) is 0 Å². The Morgan fingerprint density at radius 1 is 0.333 bits per heavy atom. The fourth-order valence-corrected chi connectivity index (χ4v) is 11.5. The number of hydrogen-bond donors (Lipinski definition) is 0. The van der Waals surface area contributed by atoms with Gasteiger partial charge in [-0.2, -0.15) is 0 Å². The summed E-state index contributed by atoms with van der Waals surface area (Å²) in [5.41, 5.74) is 22.2. The highest BCUT2D eigenvalue weighted by Gasteiger charge is 2.46. The maximum Gasteiger partial charge on any atom is 0.143 e. The number of hydrogen-bond acceptors (Lipinski definition) is 2. The summed E-state index contributed by atoms with van der Waals surface area (Å²) in [6.45, 7) is 4.72. The van der Waals surface area contributed by atoms with E-state index < -0.39 is 5.41 Å². The van der Waals surface area contributed by atoms with Crippen LogP contribution >= 0.6 is 0 Å². The highest BCUT2D eigenvalue weighted by Crippen LogP contribution is 2.57. The average Bonchev–Trinajstić information content (AvgIpc) is 3.99. The molecule has 1 heterocycles. The standard InChI is InChI=1S/C64H45NO/c1-63(2)57-26-10-6-20-51(57)54-39-38-49(41-60(54)63)65(47-34-30-42(31-35-47)43-16-14-17-44(40-43)50-24-15-25-56-55-23-9-13-29-61(55)66-62(50)56)48-36-32-46(33-37-48)64(45-18-4-3-5-19-45)58-27-11-7-21-52(58)53-22-8-12-28-59(53)64/h3-41H,1-2H3. The van der Waals surface area contributed by atoms with E-state index in [1.165, 1.54) is 55.6 Å². The smallest absolute Gasteiger partial charge is 0.143 e. The van der Waals surface area contributed by atoms with Crippen molar-refractivity contribution in [1.82, 2.24) is 0 Å². The molecular weight excluding hydrogens is 799 g/mol. The molecule has 10 aromatic carbocycles. The molecule has 0 fully saturated rings. The molecule has 0 amide bonds. The Balaban J connectivity index is 0.935. The lowest BCUT2D eigenvalue weighted by Gasteiger charge is -2.34. The van der Waals surface area contributed by atoms with E-state index >= 15 is 0 Å². The molecule has 0 N–H and O–H groups in total. The molecule has 2 aliphatic carbocycles. The Bertz CT molecular complexity index is 3620. The molecule has 0 radical (unpaired) electrons. The molecule has 66 heavy (non-hydrogen) atoms. The van der Waals surface area contributed by atoms with Crippen LogP contribution in [0.25, 0.3) is 66.4 Å². The van der Waals surface area contributed by atoms with Crippen LogP contribution in [-0.4, -0.2) is 0 Å². The van der Waals surface area contributed by atoms with Crippen molar-refractivity contribution in [3.8, 4) is 44.5 Å². The molecule has 0 bridgehead atoms. The zero-order valence-corrected chi connectivity index (χ0v) is 36.9. The van der Waals surface area contributed by atoms with Crippen LogP contribution in [0.2, 0.25) is 0 Å². The van der Waals surface area contributed by atoms with Crippen molar-refractivity contribution in [3.05, 3.63) is 270 Å². The second kappa shape index (κ2) is 14.7. The van der Waals surface area contributed by atoms with E-state index in [1.54, 1.807) is 0 Å². The van der Waals surface area contributed by atoms with E-state index in [1.807, 2.05) is 12.1 Å². The minimum atomic E-state index is -0.465. The molecule has 0 saturated heterocycles. The zero-order valence-electron chi connectivity index (χ0n) is 36.9. The van der Waals surface area contributed by atoms with E-state index in [0.717, 1.165) is 61.3 Å². The zero-order chi connectivity index (χ0) is 44.0. The van der Waals surface area contributed by atoms with E-state index in [2.05, 4.69) is 243 Å². The van der Waals surface area contributed by atoms with Gasteiger partial charge in [-0.3, -0.25) is 0 Å². The monoisotopic (exact) mass is 843 g/mol. The Morgan fingerprint density at radius 2 is 0.848 bits per heavy atom. The fraction of sp³-hybridized carbons (Fsp3) is 0.0625. The van der Waals surface area contributed by atoms with E-state index in [9.17, 15) is 0 Å². The van der Waals surface area contributed by atoms with Crippen molar-refractivity contribution in [2.45, 2.75) is 24.7 Å². The predicted molar refractivity (Wildman–Crippen MR) is 274 cm³/mol. The molecule has 0 unspecified atom stereocenters. The summed E-state index contributed by atoms with van der Waals surface area (Å²) < 4.78 is 6.46. The Morgan fingerprint density at radius 3 is 1.58 bits per heavy atom. The molecule has 1 aromatic heterocycles. The van der Waals surface area contributed by atoms with Crippen molar-refractivity contribution < 1.29 is 4.42 Å². The minimum Gasteiger partial charge on any atom is -0.455 e. The molecule has 0 spiro atoms. The number of fused-ring (bicyclic) bond motifs is 9. The third-order valence-corrected chi connectivity index (χ3v) is 14.6. The molecular formula is C64H45NO. The van der Waals surface area contributed by atoms with Gasteiger partial charge in [0.05, 0.1) is 5.41 Å². The van der Waals surface area contributed by atoms with Gasteiger partial charge in [0.1, 0.15) is 11.2 Å². The van der Waals surface area contributed by atoms with Gasteiger partial charge in [-0.05, 0) is 121 Å². The normalized spacial score (nSPS) is 13.8. The van der Waals surface area contributed by atoms with E-state index in [4.69, 9.17) is 4.42 Å². The van der Waals surface area contributed by atoms with Gasteiger partial charge >= 0.3 is 0 Å². The number of para-hydroxylation sites is 2. The van der Waals surface area contributed by atoms with E-state index in [-0.39, 0.29) is 5.41 Å². The van der Waals surface area contributed by atoms with Crippen molar-refractivity contribution >= 4 is 39.0 Å². The van der Waals surface area contributed by atoms with Gasteiger partial charge in [0.25, 0.3) is 0 Å². The van der Waals surface area contributed by atoms with Crippen LogP contribution < -0.4 is 4.90 Å². The number of rotatable bonds is 7. The Hall–Kier alpha value is -8.20. The van der Waals surface area contributed by atoms with Crippen molar-refractivity contribution in [2.24, 2.45) is 0 Å². The third-order valence-electron chi connectivity index (χ3n) is 14.6. The van der Waals surface area contributed by atoms with Gasteiger partial charge in [-0.25, -0.2) is 0 Å². The molecule has 2 nitrogen and oxygen atoms in total. The summed E-state index contributed by atoms with van der Waals surface area (Å²) in [7, 11) is 0. The molecule has 0 aliphatic heterocycles. The second-order valence-corrected chi connectivity index (χ2v) is 18.4. The molecule has 13 rings (SSSR count). The largest absolute Gasteiger partial charge is 0.455 e. The maximum absolute atomic E-state index is 6.46. The average molecular weight is 844 g/mol. The highest BCUT2D eigenvalue weighted by molar-refractivity contribution is 6.09. The highest BCUT2D eigenvalue weighted by atomic mass is 16.3. The van der Waals surface area contributed by atoms with Crippen molar-refractivity contribution in [3.63, 3.8) is 0 Å². The van der Waals surface area contributed by atoms with Gasteiger partial charge < -0.3 is 9.32 Å². The van der Waals surface area contributed by atoms with Gasteiger partial charge in [-0.1, -0.05) is 202 Å². The van der Waals surface area contributed by atoms with Crippen LogP contribution in [0.5, 0.6) is 0 Å². The Kier molecular flexibility index (Phi) is 8.51. The lowest BCUT2D eigenvalue weighted by molar-refractivity contribution is 0.660. The fourth-order valence-electron chi connectivity index (χ4n) is 11.5. The quantitative estimate of drug-likeness (QED) is 0.159. The first kappa shape index (κ1) is 38.3. The maximum atomic E-state index is 6.46. The van der Waals surface area contributed by atoms with Crippen molar-refractivity contribution in [2.75, 3.05) is 4.90 Å². The first-order valence-electron chi connectivity index (χ1n) is 23.0. The SMILES string of the molecule is CC1(C)c2ccccc2-c2ccc(N(c3ccc(-c4cccc(-c5cccc6c5oc5ccccc56)c4)cc3)c3ccc(C4(c5ccccc5)c5ccccc5-c5ccccc54)cc3)cc21. The summed E-state index contributed by atoms with van der Waals surface area (Å²) in [4.78, 5) is 2.43. The van der Waals surface area contributed by atoms with Crippen molar-refractivity contribution in [1.29, 1.82) is 0 Å². The van der Waals surface area contributed by atoms with Gasteiger partial charge in [-0.15, -0.1) is 0 Å². The lowest BCUT2D eigenvalue weighted by atomic mass is 9.68. The molecule has 312 valence electrons. The topological polar surface area (TPSA) is 16.4 Å². The third kappa shape index (κ3) is 5.61. The summed E-state index contributed by atoms with van der Waals surface area (Å²) in [5.74, 6) is 0. The van der Waals surface area contributed by atoms with Gasteiger partial charge in [0, 0.05) is 38.8 Å². The molecule has 11 aromatic rings. The van der Waals surface area contributed by atoms with Crippen LogP contribution in [0.15, 0.2) is 241 Å². The number of furan rings is 1.